The van der Waals surface area contributed by atoms with Crippen molar-refractivity contribution in [3.05, 3.63) is 130 Å². The lowest BCUT2D eigenvalue weighted by Gasteiger charge is -2.36. The molecule has 0 heterocycles. The quantitative estimate of drug-likeness (QED) is 0.178. The van der Waals surface area contributed by atoms with E-state index in [2.05, 4.69) is 24.3 Å². The molecule has 4 aliphatic rings. The van der Waals surface area contributed by atoms with Gasteiger partial charge in [-0.15, -0.1) is 0 Å². The van der Waals surface area contributed by atoms with Crippen LogP contribution in [0.5, 0.6) is 0 Å². The summed E-state index contributed by atoms with van der Waals surface area (Å²) in [4.78, 5) is 0. The summed E-state index contributed by atoms with van der Waals surface area (Å²) in [6, 6.07) is 29.0. The van der Waals surface area contributed by atoms with Crippen LogP contribution in [-0.2, 0) is 0 Å². The number of rotatable bonds is 5. The molecule has 0 bridgehead atoms. The fourth-order valence-corrected chi connectivity index (χ4v) is 10.1. The summed E-state index contributed by atoms with van der Waals surface area (Å²) in [5.41, 5.74) is 4.56. The maximum atomic E-state index is 13.3. The first kappa shape index (κ1) is 39.9. The first-order valence-corrected chi connectivity index (χ1v) is 21.3. The highest BCUT2D eigenvalue weighted by Gasteiger charge is 2.31. The van der Waals surface area contributed by atoms with Crippen LogP contribution < -0.4 is 0 Å². The highest BCUT2D eigenvalue weighted by atomic mass is 35.5. The summed E-state index contributed by atoms with van der Waals surface area (Å²) in [7, 11) is 0. The lowest BCUT2D eigenvalue weighted by molar-refractivity contribution is 0.185. The number of hydrogen-bond acceptors (Lipinski definition) is 0. The van der Waals surface area contributed by atoms with Crippen LogP contribution >= 0.6 is 23.2 Å². The van der Waals surface area contributed by atoms with Crippen LogP contribution in [0.3, 0.4) is 0 Å². The van der Waals surface area contributed by atoms with Gasteiger partial charge in [-0.05, 0) is 146 Å². The zero-order valence-corrected chi connectivity index (χ0v) is 32.8. The lowest BCUT2D eigenvalue weighted by Crippen LogP contribution is -2.23. The Morgan fingerprint density at radius 3 is 1.21 bits per heavy atom. The summed E-state index contributed by atoms with van der Waals surface area (Å²) < 4.78 is 39.7. The van der Waals surface area contributed by atoms with Gasteiger partial charge in [0, 0.05) is 10.0 Å². The predicted octanol–water partition coefficient (Wildman–Crippen LogP) is 16.2. The average molecular weight is 762 g/mol. The van der Waals surface area contributed by atoms with E-state index in [-0.39, 0.29) is 5.92 Å². The van der Waals surface area contributed by atoms with E-state index in [0.717, 1.165) is 65.3 Å². The summed E-state index contributed by atoms with van der Waals surface area (Å²) in [6.45, 7) is 0. The zero-order valence-electron chi connectivity index (χ0n) is 31.2. The third-order valence-corrected chi connectivity index (χ3v) is 13.5. The highest BCUT2D eigenvalue weighted by molar-refractivity contribution is 6.30. The summed E-state index contributed by atoms with van der Waals surface area (Å²) in [5.74, 6) is 1.25. The van der Waals surface area contributed by atoms with E-state index in [1.165, 1.54) is 119 Å². The Hall–Kier alpha value is -2.75. The molecule has 4 aromatic rings. The van der Waals surface area contributed by atoms with E-state index in [1.807, 2.05) is 54.6 Å². The second kappa shape index (κ2) is 20.2. The smallest absolute Gasteiger partial charge is 0.194 e. The molecule has 0 N–H and O–H groups in total. The Balaban J connectivity index is 0.000000140. The molecule has 0 atom stereocenters. The third kappa shape index (κ3) is 11.6. The predicted molar refractivity (Wildman–Crippen MR) is 217 cm³/mol. The van der Waals surface area contributed by atoms with Crippen molar-refractivity contribution in [3.8, 4) is 11.1 Å². The average Bonchev–Trinajstić information content (AvgIpc) is 3.22. The van der Waals surface area contributed by atoms with Gasteiger partial charge in [0.05, 0.1) is 0 Å². The number of hydrogen-bond donors (Lipinski definition) is 0. The fraction of sp³-hybridized carbons (Fsp3) is 0.500. The molecule has 0 aromatic heterocycles. The van der Waals surface area contributed by atoms with Gasteiger partial charge in [-0.3, -0.25) is 0 Å². The summed E-state index contributed by atoms with van der Waals surface area (Å²) in [6.07, 6.45) is 24.2. The second-order valence-corrected chi connectivity index (χ2v) is 17.1. The van der Waals surface area contributed by atoms with Crippen molar-refractivity contribution in [3.63, 3.8) is 0 Å². The fourth-order valence-electron chi connectivity index (χ4n) is 9.88. The Morgan fingerprint density at radius 2 is 0.755 bits per heavy atom. The van der Waals surface area contributed by atoms with Crippen LogP contribution in [0.25, 0.3) is 11.1 Å². The first-order valence-electron chi connectivity index (χ1n) is 20.5. The van der Waals surface area contributed by atoms with Crippen LogP contribution in [0.2, 0.25) is 10.0 Å². The van der Waals surface area contributed by atoms with Gasteiger partial charge in [0.1, 0.15) is 0 Å². The molecule has 0 aliphatic heterocycles. The van der Waals surface area contributed by atoms with Crippen molar-refractivity contribution >= 4 is 23.2 Å². The molecule has 284 valence electrons. The molecular weight excluding hydrogens is 704 g/mol. The summed E-state index contributed by atoms with van der Waals surface area (Å²) in [5, 5.41) is 1.64. The van der Waals surface area contributed by atoms with Gasteiger partial charge in [0.25, 0.3) is 0 Å². The van der Waals surface area contributed by atoms with Gasteiger partial charge in [0.2, 0.25) is 0 Å². The Morgan fingerprint density at radius 1 is 0.377 bits per heavy atom. The molecule has 0 saturated heterocycles. The number of benzene rings is 4. The van der Waals surface area contributed by atoms with Gasteiger partial charge in [0.15, 0.2) is 17.5 Å². The molecular formula is C48H57Cl2F3. The van der Waals surface area contributed by atoms with Crippen molar-refractivity contribution in [1.82, 2.24) is 0 Å². The first-order chi connectivity index (χ1) is 25.8. The van der Waals surface area contributed by atoms with Crippen LogP contribution in [0.1, 0.15) is 139 Å². The van der Waals surface area contributed by atoms with E-state index in [1.54, 1.807) is 0 Å². The third-order valence-electron chi connectivity index (χ3n) is 12.9. The molecule has 0 amide bonds. The van der Waals surface area contributed by atoms with Crippen LogP contribution in [0.15, 0.2) is 91.0 Å². The van der Waals surface area contributed by atoms with E-state index in [0.29, 0.717) is 5.56 Å². The molecule has 0 nitrogen and oxygen atoms in total. The minimum atomic E-state index is -1.35. The van der Waals surface area contributed by atoms with Gasteiger partial charge in [-0.1, -0.05) is 142 Å². The monoisotopic (exact) mass is 760 g/mol. The normalized spacial score (nSPS) is 23.9. The minimum Gasteiger partial charge on any atom is -0.204 e. The van der Waals surface area contributed by atoms with Gasteiger partial charge in [-0.25, -0.2) is 13.2 Å². The molecule has 0 radical (unpaired) electrons. The molecule has 8 rings (SSSR count). The van der Waals surface area contributed by atoms with Crippen LogP contribution in [0.4, 0.5) is 13.2 Å². The van der Waals surface area contributed by atoms with Crippen molar-refractivity contribution < 1.29 is 13.2 Å². The second-order valence-electron chi connectivity index (χ2n) is 16.2. The van der Waals surface area contributed by atoms with Crippen molar-refractivity contribution in [2.45, 2.75) is 127 Å². The molecule has 4 saturated carbocycles. The Bertz CT molecular complexity index is 1620. The standard InChI is InChI=1S/C18H25Cl.C18H23F3.C12H9Cl/c19-18-12-10-17(11-13-18)16-8-6-15(7-9-16)14-4-2-1-3-5-14;19-16-10-15(11-17(20)18(16)21)14-8-6-13(7-9-14)12-4-2-1-3-5-12;13-12-8-6-11(7-9-12)10-4-2-1-3-5-10/h10-16H,1-9H2;10-14H,1-9H2;1-9H. The van der Waals surface area contributed by atoms with Gasteiger partial charge >= 0.3 is 0 Å². The molecule has 53 heavy (non-hydrogen) atoms. The van der Waals surface area contributed by atoms with E-state index < -0.39 is 17.5 Å². The SMILES string of the molecule is Clc1ccc(-c2ccccc2)cc1.Clc1ccc(C2CCC(C3CCCCC3)CC2)cc1.Fc1cc(C2CCC(C3CCCCC3)CC2)cc(F)c1F. The van der Waals surface area contributed by atoms with Crippen molar-refractivity contribution in [1.29, 1.82) is 0 Å². The molecule has 4 fully saturated rings. The maximum absolute atomic E-state index is 13.3. The Labute approximate surface area is 326 Å². The largest absolute Gasteiger partial charge is 0.204 e. The van der Waals surface area contributed by atoms with Crippen molar-refractivity contribution in [2.24, 2.45) is 23.7 Å². The minimum absolute atomic E-state index is 0.189. The van der Waals surface area contributed by atoms with Gasteiger partial charge < -0.3 is 0 Å². The van der Waals surface area contributed by atoms with E-state index in [9.17, 15) is 13.2 Å². The molecule has 4 aliphatic carbocycles. The lowest BCUT2D eigenvalue weighted by atomic mass is 9.70. The molecule has 0 spiro atoms. The maximum Gasteiger partial charge on any atom is 0.194 e. The summed E-state index contributed by atoms with van der Waals surface area (Å²) >= 11 is 11.8. The van der Waals surface area contributed by atoms with Crippen molar-refractivity contribution in [2.75, 3.05) is 0 Å². The Kier molecular flexibility index (Phi) is 15.3. The molecule has 4 aromatic carbocycles. The zero-order chi connectivity index (χ0) is 37.0. The van der Waals surface area contributed by atoms with Gasteiger partial charge in [-0.2, -0.15) is 0 Å². The highest BCUT2D eigenvalue weighted by Crippen LogP contribution is 2.44. The number of halogens is 5. The van der Waals surface area contributed by atoms with E-state index >= 15 is 0 Å². The molecule has 5 heteroatoms. The van der Waals surface area contributed by atoms with Crippen LogP contribution in [0, 0.1) is 41.1 Å². The topological polar surface area (TPSA) is 0 Å². The molecule has 0 unspecified atom stereocenters. The van der Waals surface area contributed by atoms with E-state index in [4.69, 9.17) is 23.2 Å². The van der Waals surface area contributed by atoms with Crippen LogP contribution in [-0.4, -0.2) is 0 Å².